The van der Waals surface area contributed by atoms with Crippen LogP contribution in [0.5, 0.6) is 0 Å². The Morgan fingerprint density at radius 1 is 0.323 bits per heavy atom. The predicted octanol–water partition coefficient (Wildman–Crippen LogP) is 17.8. The number of rotatable bonds is 47. The minimum atomic E-state index is -0.811. The molecule has 6 heteroatoms. The molecular formula is C59H98O6. The van der Waals surface area contributed by atoms with Gasteiger partial charge in [-0.25, -0.2) is 0 Å². The van der Waals surface area contributed by atoms with Gasteiger partial charge in [-0.3, -0.25) is 14.4 Å². The number of esters is 3. The van der Waals surface area contributed by atoms with Gasteiger partial charge in [-0.05, 0) is 103 Å². The molecule has 6 nitrogen and oxygen atoms in total. The Bertz CT molecular complexity index is 1310. The van der Waals surface area contributed by atoms with Gasteiger partial charge in [0, 0.05) is 19.3 Å². The fraction of sp³-hybridized carbons (Fsp3) is 0.678. The van der Waals surface area contributed by atoms with Crippen molar-refractivity contribution in [3.8, 4) is 0 Å². The van der Waals surface area contributed by atoms with E-state index in [1.165, 1.54) is 89.9 Å². The van der Waals surface area contributed by atoms with E-state index in [1.54, 1.807) is 0 Å². The van der Waals surface area contributed by atoms with Gasteiger partial charge in [0.1, 0.15) is 13.2 Å². The Kier molecular flexibility index (Phi) is 50.0. The van der Waals surface area contributed by atoms with Crippen molar-refractivity contribution < 1.29 is 28.6 Å². The molecule has 0 saturated carbocycles. The third-order valence-electron chi connectivity index (χ3n) is 11.1. The first kappa shape index (κ1) is 61.3. The maximum absolute atomic E-state index is 12.8. The van der Waals surface area contributed by atoms with E-state index in [2.05, 4.69) is 118 Å². The molecule has 65 heavy (non-hydrogen) atoms. The topological polar surface area (TPSA) is 78.9 Å². The lowest BCUT2D eigenvalue weighted by atomic mass is 10.0. The van der Waals surface area contributed by atoms with Gasteiger partial charge in [-0.15, -0.1) is 0 Å². The van der Waals surface area contributed by atoms with Crippen molar-refractivity contribution in [1.29, 1.82) is 0 Å². The zero-order valence-corrected chi connectivity index (χ0v) is 42.2. The van der Waals surface area contributed by atoms with Crippen molar-refractivity contribution in [2.45, 2.75) is 245 Å². The van der Waals surface area contributed by atoms with Gasteiger partial charge in [-0.2, -0.15) is 0 Å². The summed E-state index contributed by atoms with van der Waals surface area (Å²) in [6.45, 7) is 6.43. The van der Waals surface area contributed by atoms with Crippen molar-refractivity contribution in [3.05, 3.63) is 97.2 Å². The van der Waals surface area contributed by atoms with Gasteiger partial charge in [0.2, 0.25) is 0 Å². The molecule has 0 spiro atoms. The molecular weight excluding hydrogens is 805 g/mol. The molecule has 0 saturated heterocycles. The first-order valence-corrected chi connectivity index (χ1v) is 26.7. The van der Waals surface area contributed by atoms with Crippen molar-refractivity contribution in [2.24, 2.45) is 0 Å². The number of allylic oxidation sites excluding steroid dienone is 16. The van der Waals surface area contributed by atoms with Crippen LogP contribution in [0.1, 0.15) is 239 Å². The van der Waals surface area contributed by atoms with Gasteiger partial charge >= 0.3 is 17.9 Å². The third-order valence-corrected chi connectivity index (χ3v) is 11.1. The van der Waals surface area contributed by atoms with Crippen LogP contribution >= 0.6 is 0 Å². The highest BCUT2D eigenvalue weighted by atomic mass is 16.6. The minimum absolute atomic E-state index is 0.104. The van der Waals surface area contributed by atoms with Crippen LogP contribution in [0.2, 0.25) is 0 Å². The largest absolute Gasteiger partial charge is 0.462 e. The highest BCUT2D eigenvalue weighted by molar-refractivity contribution is 5.71. The molecule has 0 heterocycles. The van der Waals surface area contributed by atoms with Crippen LogP contribution in [0.3, 0.4) is 0 Å². The highest BCUT2D eigenvalue weighted by Gasteiger charge is 2.19. The number of unbranched alkanes of at least 4 members (excludes halogenated alkanes) is 20. The number of hydrogen-bond donors (Lipinski definition) is 0. The van der Waals surface area contributed by atoms with E-state index in [9.17, 15) is 14.4 Å². The first-order valence-electron chi connectivity index (χ1n) is 26.7. The Labute approximate surface area is 400 Å². The van der Waals surface area contributed by atoms with Gasteiger partial charge in [0.15, 0.2) is 6.10 Å². The molecule has 0 radical (unpaired) electrons. The van der Waals surface area contributed by atoms with Gasteiger partial charge in [-0.1, -0.05) is 214 Å². The number of carbonyl (C=O) groups is 3. The van der Waals surface area contributed by atoms with E-state index < -0.39 is 6.10 Å². The molecule has 0 aliphatic carbocycles. The lowest BCUT2D eigenvalue weighted by molar-refractivity contribution is -0.167. The van der Waals surface area contributed by atoms with E-state index >= 15 is 0 Å². The molecule has 0 aromatic rings. The van der Waals surface area contributed by atoms with E-state index in [1.807, 2.05) is 0 Å². The maximum atomic E-state index is 12.8. The van der Waals surface area contributed by atoms with Crippen LogP contribution < -0.4 is 0 Å². The molecule has 0 aromatic heterocycles. The lowest BCUT2D eigenvalue weighted by Crippen LogP contribution is -2.30. The SMILES string of the molecule is CC/C=C\C/C=C\C/C=C\C/C=C\CCCCC(=O)O[C@H](COC(=O)CCCCC/C=C\C/C=C\C/C=C\C/C=C\CCCCC)COC(=O)CCCCCCCCCCCCCCC. The monoisotopic (exact) mass is 903 g/mol. The molecule has 0 rings (SSSR count). The maximum Gasteiger partial charge on any atom is 0.306 e. The van der Waals surface area contributed by atoms with Gasteiger partial charge in [0.05, 0.1) is 0 Å². The summed E-state index contributed by atoms with van der Waals surface area (Å²) in [5.41, 5.74) is 0. The molecule has 0 aromatic carbocycles. The Balaban J connectivity index is 4.50. The second-order valence-corrected chi connectivity index (χ2v) is 17.4. The van der Waals surface area contributed by atoms with Crippen LogP contribution in [-0.4, -0.2) is 37.2 Å². The molecule has 0 aliphatic heterocycles. The van der Waals surface area contributed by atoms with Gasteiger partial charge in [0.25, 0.3) is 0 Å². The van der Waals surface area contributed by atoms with Crippen LogP contribution in [0.4, 0.5) is 0 Å². The van der Waals surface area contributed by atoms with Crippen LogP contribution in [-0.2, 0) is 28.6 Å². The van der Waals surface area contributed by atoms with Gasteiger partial charge < -0.3 is 14.2 Å². The third kappa shape index (κ3) is 51.2. The van der Waals surface area contributed by atoms with Crippen molar-refractivity contribution >= 4 is 17.9 Å². The fourth-order valence-corrected chi connectivity index (χ4v) is 7.06. The van der Waals surface area contributed by atoms with Crippen LogP contribution in [0.25, 0.3) is 0 Å². The molecule has 0 fully saturated rings. The zero-order chi connectivity index (χ0) is 47.2. The molecule has 0 amide bonds. The Morgan fingerprint density at radius 3 is 1.00 bits per heavy atom. The molecule has 0 N–H and O–H groups in total. The first-order chi connectivity index (χ1) is 32.0. The second-order valence-electron chi connectivity index (χ2n) is 17.4. The van der Waals surface area contributed by atoms with E-state index in [4.69, 9.17) is 14.2 Å². The summed E-state index contributed by atoms with van der Waals surface area (Å²) in [6.07, 6.45) is 69.6. The van der Waals surface area contributed by atoms with E-state index in [-0.39, 0.29) is 37.5 Å². The average Bonchev–Trinajstić information content (AvgIpc) is 3.30. The number of ether oxygens (including phenoxy) is 3. The normalized spacial score (nSPS) is 12.8. The second kappa shape index (κ2) is 52.9. The van der Waals surface area contributed by atoms with Crippen molar-refractivity contribution in [1.82, 2.24) is 0 Å². The van der Waals surface area contributed by atoms with Crippen LogP contribution in [0.15, 0.2) is 97.2 Å². The summed E-state index contributed by atoms with van der Waals surface area (Å²) in [5.74, 6) is -0.979. The van der Waals surface area contributed by atoms with Crippen molar-refractivity contribution in [3.63, 3.8) is 0 Å². The van der Waals surface area contributed by atoms with Crippen LogP contribution in [0, 0.1) is 0 Å². The predicted molar refractivity (Wildman–Crippen MR) is 279 cm³/mol. The highest BCUT2D eigenvalue weighted by Crippen LogP contribution is 2.14. The summed E-state index contributed by atoms with van der Waals surface area (Å²) in [4.78, 5) is 38.0. The summed E-state index contributed by atoms with van der Waals surface area (Å²) < 4.78 is 16.8. The summed E-state index contributed by atoms with van der Waals surface area (Å²) in [6, 6.07) is 0. The Morgan fingerprint density at radius 2 is 0.600 bits per heavy atom. The minimum Gasteiger partial charge on any atom is -0.462 e. The van der Waals surface area contributed by atoms with E-state index in [0.29, 0.717) is 19.3 Å². The number of hydrogen-bond acceptors (Lipinski definition) is 6. The summed E-state index contributed by atoms with van der Waals surface area (Å²) >= 11 is 0. The standard InChI is InChI=1S/C59H98O6/c1-4-7-10-13-16-19-22-25-27-28-29-30-32-34-37-40-43-46-49-52-58(61)64-55-56(54-63-57(60)51-48-45-42-39-36-33-24-21-18-15-12-9-6-3)65-59(62)53-50-47-44-41-38-35-31-26-23-20-17-14-11-8-5-2/h8,11,16-17,19-20,25-27,29-31,34,37-38,41,56H,4-7,9-10,12-15,18,21-24,28,32-33,35-36,39-40,42-55H2,1-3H3/b11-8-,19-16-,20-17-,27-25-,30-29-,31-26-,37-34-,41-38-/t56-/m0/s1. The average molecular weight is 903 g/mol. The molecule has 0 aliphatic rings. The summed E-state index contributed by atoms with van der Waals surface area (Å²) in [5, 5.41) is 0. The number of carbonyl (C=O) groups excluding carboxylic acids is 3. The van der Waals surface area contributed by atoms with Crippen molar-refractivity contribution in [2.75, 3.05) is 13.2 Å². The molecule has 0 bridgehead atoms. The van der Waals surface area contributed by atoms with E-state index in [0.717, 1.165) is 103 Å². The zero-order valence-electron chi connectivity index (χ0n) is 42.2. The Hall–Kier alpha value is -3.67. The molecule has 0 unspecified atom stereocenters. The molecule has 370 valence electrons. The fourth-order valence-electron chi connectivity index (χ4n) is 7.06. The summed E-state index contributed by atoms with van der Waals surface area (Å²) in [7, 11) is 0. The smallest absolute Gasteiger partial charge is 0.306 e. The molecule has 1 atom stereocenters. The lowest BCUT2D eigenvalue weighted by Gasteiger charge is -2.18. The quantitative estimate of drug-likeness (QED) is 0.0262.